The molecule has 4 aromatic heterocycles. The van der Waals surface area contributed by atoms with Crippen LogP contribution in [0.5, 0.6) is 0 Å². The molecule has 0 aliphatic rings. The SMILES string of the molecule is COC(=O)c1cc(-c2ccn3ncc(-c4c(C)noc4C)c3c2)oc1C. The molecule has 0 unspecified atom stereocenters. The zero-order chi connectivity index (χ0) is 18.4. The highest BCUT2D eigenvalue weighted by atomic mass is 16.5. The van der Waals surface area contributed by atoms with E-state index in [0.29, 0.717) is 17.1 Å². The molecule has 132 valence electrons. The second-order valence-electron chi connectivity index (χ2n) is 6.07. The van der Waals surface area contributed by atoms with Crippen molar-refractivity contribution in [2.24, 2.45) is 0 Å². The summed E-state index contributed by atoms with van der Waals surface area (Å²) in [6.07, 6.45) is 3.64. The van der Waals surface area contributed by atoms with Crippen LogP contribution < -0.4 is 0 Å². The first-order valence-corrected chi connectivity index (χ1v) is 8.09. The van der Waals surface area contributed by atoms with Gasteiger partial charge in [-0.1, -0.05) is 5.16 Å². The lowest BCUT2D eigenvalue weighted by molar-refractivity contribution is 0.0599. The molecule has 0 saturated carbocycles. The fraction of sp³-hybridized carbons (Fsp3) is 0.211. The van der Waals surface area contributed by atoms with Gasteiger partial charge >= 0.3 is 5.97 Å². The summed E-state index contributed by atoms with van der Waals surface area (Å²) >= 11 is 0. The lowest BCUT2D eigenvalue weighted by Gasteiger charge is -2.01. The molecule has 4 aromatic rings. The number of esters is 1. The maximum absolute atomic E-state index is 11.8. The first kappa shape index (κ1) is 16.1. The van der Waals surface area contributed by atoms with Gasteiger partial charge in [0.1, 0.15) is 22.8 Å². The van der Waals surface area contributed by atoms with E-state index in [9.17, 15) is 4.79 Å². The van der Waals surface area contributed by atoms with Gasteiger partial charge in [-0.3, -0.25) is 0 Å². The Morgan fingerprint density at radius 1 is 1.19 bits per heavy atom. The minimum Gasteiger partial charge on any atom is -0.465 e. The predicted molar refractivity (Wildman–Crippen MR) is 93.9 cm³/mol. The van der Waals surface area contributed by atoms with Crippen LogP contribution in [0.1, 0.15) is 27.6 Å². The van der Waals surface area contributed by atoms with Gasteiger partial charge in [-0.15, -0.1) is 0 Å². The van der Waals surface area contributed by atoms with Gasteiger partial charge in [0.2, 0.25) is 0 Å². The minimum absolute atomic E-state index is 0.417. The number of fused-ring (bicyclic) bond motifs is 1. The molecular formula is C19H17N3O4. The van der Waals surface area contributed by atoms with Gasteiger partial charge in [0.05, 0.1) is 30.1 Å². The van der Waals surface area contributed by atoms with Crippen molar-refractivity contribution in [2.45, 2.75) is 20.8 Å². The zero-order valence-electron chi connectivity index (χ0n) is 14.9. The number of aryl methyl sites for hydroxylation is 3. The third-order valence-electron chi connectivity index (χ3n) is 4.43. The van der Waals surface area contributed by atoms with Crippen LogP contribution in [-0.2, 0) is 4.74 Å². The van der Waals surface area contributed by atoms with E-state index in [1.54, 1.807) is 23.7 Å². The summed E-state index contributed by atoms with van der Waals surface area (Å²) in [5.41, 5.74) is 4.82. The quantitative estimate of drug-likeness (QED) is 0.520. The summed E-state index contributed by atoms with van der Waals surface area (Å²) in [5.74, 6) is 1.44. The summed E-state index contributed by atoms with van der Waals surface area (Å²) < 4.78 is 17.6. The first-order chi connectivity index (χ1) is 12.5. The number of rotatable bonds is 3. The molecule has 4 rings (SSSR count). The fourth-order valence-corrected chi connectivity index (χ4v) is 3.13. The van der Waals surface area contributed by atoms with Gasteiger partial charge in [0, 0.05) is 17.3 Å². The summed E-state index contributed by atoms with van der Waals surface area (Å²) in [4.78, 5) is 11.8. The van der Waals surface area contributed by atoms with Crippen molar-refractivity contribution in [3.63, 3.8) is 0 Å². The molecule has 4 heterocycles. The van der Waals surface area contributed by atoms with E-state index in [-0.39, 0.29) is 0 Å². The van der Waals surface area contributed by atoms with Crippen molar-refractivity contribution in [2.75, 3.05) is 7.11 Å². The highest BCUT2D eigenvalue weighted by Gasteiger charge is 2.19. The van der Waals surface area contributed by atoms with Crippen molar-refractivity contribution in [3.05, 3.63) is 53.4 Å². The number of ether oxygens (including phenoxy) is 1. The average Bonchev–Trinajstić information content (AvgIpc) is 3.31. The molecule has 0 saturated heterocycles. The van der Waals surface area contributed by atoms with Gasteiger partial charge < -0.3 is 13.7 Å². The fourth-order valence-electron chi connectivity index (χ4n) is 3.13. The van der Waals surface area contributed by atoms with Crippen molar-refractivity contribution < 1.29 is 18.5 Å². The van der Waals surface area contributed by atoms with Gasteiger partial charge in [0.15, 0.2) is 0 Å². The molecule has 0 amide bonds. The molecule has 0 N–H and O–H groups in total. The number of nitrogens with zero attached hydrogens (tertiary/aromatic N) is 3. The van der Waals surface area contributed by atoms with Gasteiger partial charge in [-0.2, -0.15) is 5.10 Å². The zero-order valence-corrected chi connectivity index (χ0v) is 14.9. The normalized spacial score (nSPS) is 11.2. The minimum atomic E-state index is -0.417. The van der Waals surface area contributed by atoms with Crippen LogP contribution in [-0.4, -0.2) is 27.8 Å². The van der Waals surface area contributed by atoms with Crippen LogP contribution in [0.25, 0.3) is 28.0 Å². The van der Waals surface area contributed by atoms with Crippen molar-refractivity contribution in [3.8, 4) is 22.5 Å². The van der Waals surface area contributed by atoms with Gasteiger partial charge in [-0.05, 0) is 39.0 Å². The highest BCUT2D eigenvalue weighted by molar-refractivity contribution is 5.92. The highest BCUT2D eigenvalue weighted by Crippen LogP contribution is 2.33. The van der Waals surface area contributed by atoms with Crippen LogP contribution in [0.15, 0.2) is 39.5 Å². The van der Waals surface area contributed by atoms with E-state index in [4.69, 9.17) is 13.7 Å². The third-order valence-corrected chi connectivity index (χ3v) is 4.43. The molecule has 0 atom stereocenters. The Bertz CT molecular complexity index is 1110. The monoisotopic (exact) mass is 351 g/mol. The standard InChI is InChI=1S/C19H17N3O4/c1-10-18(12(3)26-21-10)15-9-20-22-6-5-13(7-16(15)22)17-8-14(11(2)25-17)19(23)24-4/h5-9H,1-4H3. The largest absolute Gasteiger partial charge is 0.465 e. The number of hydrogen-bond acceptors (Lipinski definition) is 6. The Labute approximate surface area is 149 Å². The van der Waals surface area contributed by atoms with Crippen LogP contribution in [0.4, 0.5) is 0 Å². The molecule has 0 bridgehead atoms. The van der Waals surface area contributed by atoms with Crippen molar-refractivity contribution in [1.29, 1.82) is 0 Å². The van der Waals surface area contributed by atoms with E-state index in [1.807, 2.05) is 32.2 Å². The van der Waals surface area contributed by atoms with Crippen LogP contribution >= 0.6 is 0 Å². The molecule has 0 aromatic carbocycles. The number of aromatic nitrogens is 3. The number of carbonyl (C=O) groups is 1. The Hall–Kier alpha value is -3.35. The number of hydrogen-bond donors (Lipinski definition) is 0. The van der Waals surface area contributed by atoms with Crippen LogP contribution in [0.2, 0.25) is 0 Å². The smallest absolute Gasteiger partial charge is 0.341 e. The maximum Gasteiger partial charge on any atom is 0.341 e. The molecule has 7 heteroatoms. The Morgan fingerprint density at radius 3 is 2.69 bits per heavy atom. The van der Waals surface area contributed by atoms with Gasteiger partial charge in [0.25, 0.3) is 0 Å². The summed E-state index contributed by atoms with van der Waals surface area (Å²) in [6, 6.07) is 5.54. The third kappa shape index (κ3) is 2.40. The summed E-state index contributed by atoms with van der Waals surface area (Å²) in [6.45, 7) is 5.52. The number of furan rings is 1. The Balaban J connectivity index is 1.86. The predicted octanol–water partition coefficient (Wildman–Crippen LogP) is 3.96. The topological polar surface area (TPSA) is 82.8 Å². The summed E-state index contributed by atoms with van der Waals surface area (Å²) in [7, 11) is 1.35. The van der Waals surface area contributed by atoms with E-state index in [0.717, 1.165) is 33.7 Å². The first-order valence-electron chi connectivity index (χ1n) is 8.09. The number of carbonyl (C=O) groups excluding carboxylic acids is 1. The second kappa shape index (κ2) is 5.87. The van der Waals surface area contributed by atoms with E-state index in [2.05, 4.69) is 10.3 Å². The molecule has 0 radical (unpaired) electrons. The van der Waals surface area contributed by atoms with Crippen molar-refractivity contribution >= 4 is 11.5 Å². The van der Waals surface area contributed by atoms with E-state index in [1.165, 1.54) is 7.11 Å². The van der Waals surface area contributed by atoms with Crippen LogP contribution in [0.3, 0.4) is 0 Å². The molecule has 0 aliphatic heterocycles. The van der Waals surface area contributed by atoms with E-state index >= 15 is 0 Å². The molecule has 0 aliphatic carbocycles. The number of methoxy groups -OCH3 is 1. The van der Waals surface area contributed by atoms with Gasteiger partial charge in [-0.25, -0.2) is 9.31 Å². The lowest BCUT2D eigenvalue weighted by atomic mass is 10.0. The molecule has 0 spiro atoms. The van der Waals surface area contributed by atoms with Crippen LogP contribution in [0, 0.1) is 20.8 Å². The lowest BCUT2D eigenvalue weighted by Crippen LogP contribution is -2.00. The van der Waals surface area contributed by atoms with Crippen molar-refractivity contribution in [1.82, 2.24) is 14.8 Å². The molecule has 0 fully saturated rings. The molecule has 26 heavy (non-hydrogen) atoms. The molecule has 7 nitrogen and oxygen atoms in total. The summed E-state index contributed by atoms with van der Waals surface area (Å²) in [5, 5.41) is 8.42. The Morgan fingerprint density at radius 2 is 2.00 bits per heavy atom. The average molecular weight is 351 g/mol. The van der Waals surface area contributed by atoms with E-state index < -0.39 is 5.97 Å². The number of pyridine rings is 1. The second-order valence-corrected chi connectivity index (χ2v) is 6.07. The molecular weight excluding hydrogens is 334 g/mol. The Kier molecular flexibility index (Phi) is 3.64. The maximum atomic E-state index is 11.8.